The first-order valence-electron chi connectivity index (χ1n) is 17.8. The molecule has 53 heavy (non-hydrogen) atoms. The highest BCUT2D eigenvalue weighted by Gasteiger charge is 2.23. The number of hydrogen-bond donors (Lipinski definition) is 6. The van der Waals surface area contributed by atoms with Gasteiger partial charge in [-0.05, 0) is 79.7 Å². The maximum absolute atomic E-state index is 12.1. The largest absolute Gasteiger partial charge is 0.375 e. The highest BCUT2D eigenvalue weighted by atomic mass is 32.1. The molecule has 2 aliphatic rings. The molecule has 6 heterocycles. The van der Waals surface area contributed by atoms with Gasteiger partial charge < -0.3 is 31.2 Å². The van der Waals surface area contributed by atoms with Crippen LogP contribution in [-0.4, -0.2) is 65.0 Å². The number of benzene rings is 2. The summed E-state index contributed by atoms with van der Waals surface area (Å²) in [6, 6.07) is 16.1. The number of fused-ring (bicyclic) bond motifs is 4. The quantitative estimate of drug-likeness (QED) is 0.0992. The van der Waals surface area contributed by atoms with E-state index in [1.165, 1.54) is 5.69 Å². The van der Waals surface area contributed by atoms with Crippen molar-refractivity contribution < 1.29 is 4.79 Å². The fourth-order valence-corrected chi connectivity index (χ4v) is 6.87. The predicted octanol–water partition coefficient (Wildman–Crippen LogP) is 8.03. The molecular formula is C41H50N10OS. The molecule has 0 fully saturated rings. The Labute approximate surface area is 316 Å². The van der Waals surface area contributed by atoms with Crippen LogP contribution in [0, 0.1) is 13.8 Å². The minimum absolute atomic E-state index is 0. The van der Waals surface area contributed by atoms with E-state index in [1.54, 1.807) is 0 Å². The third kappa shape index (κ3) is 7.87. The standard InChI is InChI=1S/C20H23N5O.C20H23N5S.CH4/c2*1-11-18(25-20(2,3)4)24-17-12(6-5-7-15(17)22-11)16-10-13-14(23-16)8-9-21-19(13)26;/h2*5-7,10,23H,8-9H2,1-4H3,(H,21,26)(H,24,25);1H4. The van der Waals surface area contributed by atoms with E-state index in [0.29, 0.717) is 6.54 Å². The van der Waals surface area contributed by atoms with Crippen molar-refractivity contribution in [1.82, 2.24) is 40.5 Å². The fourth-order valence-electron chi connectivity index (χ4n) is 6.59. The van der Waals surface area contributed by atoms with E-state index in [2.05, 4.69) is 84.9 Å². The van der Waals surface area contributed by atoms with Gasteiger partial charge in [0.25, 0.3) is 5.91 Å². The van der Waals surface area contributed by atoms with E-state index in [9.17, 15) is 4.79 Å². The first-order valence-corrected chi connectivity index (χ1v) is 18.2. The van der Waals surface area contributed by atoms with Crippen molar-refractivity contribution in [2.45, 2.75) is 86.7 Å². The molecule has 8 rings (SSSR count). The molecule has 0 saturated carbocycles. The monoisotopic (exact) mass is 730 g/mol. The second kappa shape index (κ2) is 14.2. The highest BCUT2D eigenvalue weighted by Crippen LogP contribution is 2.32. The van der Waals surface area contributed by atoms with Crippen LogP contribution in [0.4, 0.5) is 11.6 Å². The topological polar surface area (TPSA) is 148 Å². The molecule has 1 amide bonds. The summed E-state index contributed by atoms with van der Waals surface area (Å²) >= 11 is 5.45. The van der Waals surface area contributed by atoms with Crippen LogP contribution >= 0.6 is 12.2 Å². The Morgan fingerprint density at radius 1 is 0.642 bits per heavy atom. The third-order valence-corrected chi connectivity index (χ3v) is 9.28. The Hall–Kier alpha value is -5.36. The van der Waals surface area contributed by atoms with Crippen molar-refractivity contribution in [3.8, 4) is 22.5 Å². The summed E-state index contributed by atoms with van der Waals surface area (Å²) in [6.07, 6.45) is 1.76. The zero-order valence-corrected chi connectivity index (χ0v) is 31.9. The van der Waals surface area contributed by atoms with Crippen LogP contribution in [0.25, 0.3) is 44.6 Å². The number of para-hydroxylation sites is 2. The summed E-state index contributed by atoms with van der Waals surface area (Å²) in [5.74, 6) is 1.59. The Morgan fingerprint density at radius 3 is 1.55 bits per heavy atom. The van der Waals surface area contributed by atoms with Crippen LogP contribution in [-0.2, 0) is 12.8 Å². The van der Waals surface area contributed by atoms with Gasteiger partial charge in [0.15, 0.2) is 0 Å². The number of nitrogens with zero attached hydrogens (tertiary/aromatic N) is 4. The first-order chi connectivity index (χ1) is 24.6. The lowest BCUT2D eigenvalue weighted by Gasteiger charge is -2.22. The number of H-pyrrole nitrogens is 2. The van der Waals surface area contributed by atoms with Gasteiger partial charge in [0.1, 0.15) is 27.7 Å². The van der Waals surface area contributed by atoms with Crippen molar-refractivity contribution in [3.05, 3.63) is 82.4 Å². The first kappa shape index (κ1) is 37.4. The Bertz CT molecular complexity index is 2190. The van der Waals surface area contributed by atoms with Gasteiger partial charge in [-0.15, -0.1) is 0 Å². The molecule has 12 heteroatoms. The molecule has 2 aliphatic heterocycles. The van der Waals surface area contributed by atoms with E-state index in [4.69, 9.17) is 32.2 Å². The lowest BCUT2D eigenvalue weighted by atomic mass is 10.1. The number of carbonyl (C=O) groups is 1. The lowest BCUT2D eigenvalue weighted by molar-refractivity contribution is 0.0946. The minimum Gasteiger partial charge on any atom is -0.375 e. The maximum atomic E-state index is 12.1. The Morgan fingerprint density at radius 2 is 1.09 bits per heavy atom. The van der Waals surface area contributed by atoms with Gasteiger partial charge in [-0.25, -0.2) is 19.9 Å². The van der Waals surface area contributed by atoms with E-state index < -0.39 is 0 Å². The van der Waals surface area contributed by atoms with Gasteiger partial charge >= 0.3 is 0 Å². The number of rotatable bonds is 4. The normalized spacial score (nSPS) is 14.0. The Kier molecular flexibility index (Phi) is 10.0. The molecule has 6 aromatic rings. The van der Waals surface area contributed by atoms with Crippen molar-refractivity contribution in [1.29, 1.82) is 0 Å². The molecule has 0 unspecified atom stereocenters. The van der Waals surface area contributed by atoms with Gasteiger partial charge in [-0.3, -0.25) is 4.79 Å². The second-order valence-electron chi connectivity index (χ2n) is 15.6. The SMILES string of the molecule is C.Cc1nc2cccc(-c3cc4c([nH]3)CCNC4=O)c2nc1NC(C)(C)C.Cc1nc2cccc(-c3cc4c([nH]3)CCNC4=S)c2nc1NC(C)(C)C. The predicted molar refractivity (Wildman–Crippen MR) is 221 cm³/mol. The number of aromatic amines is 2. The van der Waals surface area contributed by atoms with Gasteiger partial charge in [0.05, 0.1) is 28.0 Å². The number of thiocarbonyl (C=S) groups is 1. The van der Waals surface area contributed by atoms with Gasteiger partial charge in [-0.2, -0.15) is 0 Å². The molecule has 11 nitrogen and oxygen atoms in total. The molecule has 0 saturated heterocycles. The van der Waals surface area contributed by atoms with Gasteiger partial charge in [-0.1, -0.05) is 43.9 Å². The van der Waals surface area contributed by atoms with Crippen LogP contribution < -0.4 is 21.3 Å². The summed E-state index contributed by atoms with van der Waals surface area (Å²) in [7, 11) is 0. The minimum atomic E-state index is -0.105. The molecule has 0 spiro atoms. The van der Waals surface area contributed by atoms with Gasteiger partial charge in [0, 0.05) is 76.5 Å². The van der Waals surface area contributed by atoms with Crippen molar-refractivity contribution >= 4 is 56.8 Å². The molecule has 6 N–H and O–H groups in total. The summed E-state index contributed by atoms with van der Waals surface area (Å²) in [6.45, 7) is 18.2. The molecular weight excluding hydrogens is 681 g/mol. The number of nitrogens with one attached hydrogen (secondary N) is 6. The molecule has 0 atom stereocenters. The average molecular weight is 731 g/mol. The molecule has 0 radical (unpaired) electrons. The number of amides is 1. The summed E-state index contributed by atoms with van der Waals surface area (Å²) in [5, 5.41) is 13.0. The Balaban J connectivity index is 0.000000178. The molecule has 4 aromatic heterocycles. The van der Waals surface area contributed by atoms with Crippen molar-refractivity contribution in [2.24, 2.45) is 0 Å². The van der Waals surface area contributed by atoms with E-state index in [0.717, 1.165) is 109 Å². The van der Waals surface area contributed by atoms with Crippen LogP contribution in [0.1, 0.15) is 87.7 Å². The van der Waals surface area contributed by atoms with E-state index in [1.807, 2.05) is 50.2 Å². The summed E-state index contributed by atoms with van der Waals surface area (Å²) < 4.78 is 0. The zero-order chi connectivity index (χ0) is 36.9. The summed E-state index contributed by atoms with van der Waals surface area (Å²) in [4.78, 5) is 39.1. The maximum Gasteiger partial charge on any atom is 0.253 e. The van der Waals surface area contributed by atoms with Crippen LogP contribution in [0.3, 0.4) is 0 Å². The lowest BCUT2D eigenvalue weighted by Crippen LogP contribution is -2.31. The molecule has 276 valence electrons. The van der Waals surface area contributed by atoms with E-state index >= 15 is 0 Å². The third-order valence-electron chi connectivity index (χ3n) is 8.91. The number of anilines is 2. The fraction of sp³-hybridized carbons (Fsp3) is 0.366. The second-order valence-corrected chi connectivity index (χ2v) is 16.0. The molecule has 2 aromatic carbocycles. The average Bonchev–Trinajstić information content (AvgIpc) is 3.71. The molecule has 0 aliphatic carbocycles. The van der Waals surface area contributed by atoms with Crippen LogP contribution in [0.2, 0.25) is 0 Å². The van der Waals surface area contributed by atoms with Crippen molar-refractivity contribution in [2.75, 3.05) is 23.7 Å². The van der Waals surface area contributed by atoms with Crippen LogP contribution in [0.15, 0.2) is 48.5 Å². The van der Waals surface area contributed by atoms with Crippen molar-refractivity contribution in [3.63, 3.8) is 0 Å². The number of carbonyl (C=O) groups excluding carboxylic acids is 1. The smallest absolute Gasteiger partial charge is 0.253 e. The zero-order valence-electron chi connectivity index (χ0n) is 31.1. The number of hydrogen-bond acceptors (Lipinski definition) is 8. The van der Waals surface area contributed by atoms with Gasteiger partial charge in [0.2, 0.25) is 0 Å². The van der Waals surface area contributed by atoms with Crippen LogP contribution in [0.5, 0.6) is 0 Å². The van der Waals surface area contributed by atoms with E-state index in [-0.39, 0.29) is 24.4 Å². The highest BCUT2D eigenvalue weighted by molar-refractivity contribution is 7.80. The molecule has 0 bridgehead atoms. The summed E-state index contributed by atoms with van der Waals surface area (Å²) in [5.41, 5.74) is 13.0. The number of aromatic nitrogens is 6. The number of aryl methyl sites for hydroxylation is 2.